The molecule has 3 aliphatic rings. The Kier molecular flexibility index (Phi) is 3.84. The number of hydrogen-bond donors (Lipinski definition) is 0. The predicted octanol–water partition coefficient (Wildman–Crippen LogP) is 2.34. The highest BCUT2D eigenvalue weighted by atomic mass is 16.7. The van der Waals surface area contributed by atoms with Gasteiger partial charge in [-0.3, -0.25) is 0 Å². The van der Waals surface area contributed by atoms with Crippen LogP contribution in [0.4, 0.5) is 0 Å². The molecule has 0 unspecified atom stereocenters. The molecule has 4 heteroatoms. The number of rotatable bonds is 4. The van der Waals surface area contributed by atoms with Crippen LogP contribution in [-0.2, 0) is 25.4 Å². The molecule has 0 aromatic heterocycles. The summed E-state index contributed by atoms with van der Waals surface area (Å²) in [6.45, 7) is 5.57. The molecule has 2 fully saturated rings. The lowest BCUT2D eigenvalue weighted by Gasteiger charge is -2.28. The van der Waals surface area contributed by atoms with Gasteiger partial charge in [0.15, 0.2) is 6.29 Å². The molecule has 4 atom stereocenters. The average Bonchev–Trinajstić information content (AvgIpc) is 3.13. The second kappa shape index (κ2) is 5.97. The summed E-state index contributed by atoms with van der Waals surface area (Å²) in [6.07, 6.45) is 4.09. The molecule has 0 amide bonds. The molecule has 116 valence electrons. The highest BCUT2D eigenvalue weighted by molar-refractivity contribution is 5.63. The van der Waals surface area contributed by atoms with Gasteiger partial charge in [-0.1, -0.05) is 36.4 Å². The van der Waals surface area contributed by atoms with Crippen LogP contribution < -0.4 is 0 Å². The van der Waals surface area contributed by atoms with Gasteiger partial charge in [0.2, 0.25) is 0 Å². The number of hydrogen-bond acceptors (Lipinski definition) is 4. The summed E-state index contributed by atoms with van der Waals surface area (Å²) in [6, 6.07) is 8.45. The first-order valence-corrected chi connectivity index (χ1v) is 7.75. The fraction of sp³-hybridized carbons (Fsp3) is 0.444. The van der Waals surface area contributed by atoms with Crippen molar-refractivity contribution in [2.24, 2.45) is 0 Å². The van der Waals surface area contributed by atoms with Crippen molar-refractivity contribution in [1.29, 1.82) is 0 Å². The maximum absolute atomic E-state index is 6.12. The van der Waals surface area contributed by atoms with Crippen LogP contribution in [0.5, 0.6) is 0 Å². The lowest BCUT2D eigenvalue weighted by Crippen LogP contribution is -2.42. The number of benzene rings is 1. The first-order valence-electron chi connectivity index (χ1n) is 7.75. The van der Waals surface area contributed by atoms with E-state index in [1.807, 2.05) is 0 Å². The topological polar surface area (TPSA) is 36.9 Å². The van der Waals surface area contributed by atoms with Crippen molar-refractivity contribution in [3.05, 3.63) is 53.6 Å². The summed E-state index contributed by atoms with van der Waals surface area (Å²) >= 11 is 0. The Balaban J connectivity index is 1.42. The van der Waals surface area contributed by atoms with E-state index >= 15 is 0 Å². The van der Waals surface area contributed by atoms with Crippen molar-refractivity contribution in [1.82, 2.24) is 0 Å². The molecule has 0 radical (unpaired) electrons. The molecule has 4 nitrogen and oxygen atoms in total. The quantitative estimate of drug-likeness (QED) is 0.800. The second-order valence-corrected chi connectivity index (χ2v) is 5.86. The van der Waals surface area contributed by atoms with Crippen LogP contribution in [-0.4, -0.2) is 44.4 Å². The third-order valence-electron chi connectivity index (χ3n) is 4.41. The summed E-state index contributed by atoms with van der Waals surface area (Å²) in [4.78, 5) is 0. The number of ether oxygens (including phenoxy) is 4. The summed E-state index contributed by atoms with van der Waals surface area (Å²) < 4.78 is 23.3. The normalized spacial score (nSPS) is 33.2. The first-order chi connectivity index (χ1) is 10.8. The highest BCUT2D eigenvalue weighted by Crippen LogP contribution is 2.31. The van der Waals surface area contributed by atoms with Gasteiger partial charge in [-0.25, -0.2) is 0 Å². The van der Waals surface area contributed by atoms with Crippen LogP contribution in [0.15, 0.2) is 42.5 Å². The van der Waals surface area contributed by atoms with E-state index in [0.29, 0.717) is 19.8 Å². The average molecular weight is 300 g/mol. The first kappa shape index (κ1) is 14.2. The molecule has 1 aromatic rings. The minimum atomic E-state index is -0.337. The van der Waals surface area contributed by atoms with E-state index in [0.717, 1.165) is 6.42 Å². The van der Waals surface area contributed by atoms with Gasteiger partial charge < -0.3 is 18.9 Å². The highest BCUT2D eigenvalue weighted by Gasteiger charge is 2.47. The van der Waals surface area contributed by atoms with Gasteiger partial charge in [0.05, 0.1) is 19.8 Å². The lowest BCUT2D eigenvalue weighted by atomic mass is 10.1. The van der Waals surface area contributed by atoms with E-state index in [-0.39, 0.29) is 24.6 Å². The standard InChI is InChI=1S/C18H20O4/c1-2-15-16(17-18(22-15)20-8-7-19-17)21-11-12-9-13-5-3-4-6-14(13)10-12/h2-6,9,15-18H,1,7-8,10-11H2/t15-,16+,17-,18+/m1/s1. The Bertz CT molecular complexity index is 595. The van der Waals surface area contributed by atoms with E-state index in [4.69, 9.17) is 18.9 Å². The summed E-state index contributed by atoms with van der Waals surface area (Å²) in [5.74, 6) is 0. The van der Waals surface area contributed by atoms with Crippen LogP contribution in [0.3, 0.4) is 0 Å². The molecule has 1 aromatic carbocycles. The van der Waals surface area contributed by atoms with E-state index in [1.54, 1.807) is 6.08 Å². The smallest absolute Gasteiger partial charge is 0.187 e. The predicted molar refractivity (Wildman–Crippen MR) is 82.4 cm³/mol. The Morgan fingerprint density at radius 1 is 1.23 bits per heavy atom. The second-order valence-electron chi connectivity index (χ2n) is 5.86. The Hall–Kier alpha value is -1.46. The molecule has 22 heavy (non-hydrogen) atoms. The maximum Gasteiger partial charge on any atom is 0.187 e. The molecule has 0 bridgehead atoms. The Labute approximate surface area is 130 Å². The van der Waals surface area contributed by atoms with Gasteiger partial charge in [-0.15, -0.1) is 6.58 Å². The summed E-state index contributed by atoms with van der Waals surface area (Å²) in [5.41, 5.74) is 3.93. The van der Waals surface area contributed by atoms with Gasteiger partial charge in [-0.2, -0.15) is 0 Å². The molecule has 4 rings (SSSR count). The molecule has 0 saturated carbocycles. The van der Waals surface area contributed by atoms with Crippen LogP contribution in [0.2, 0.25) is 0 Å². The van der Waals surface area contributed by atoms with Crippen LogP contribution in [0.1, 0.15) is 11.1 Å². The van der Waals surface area contributed by atoms with Gasteiger partial charge in [-0.05, 0) is 23.1 Å². The monoisotopic (exact) mass is 300 g/mol. The molecule has 0 spiro atoms. The summed E-state index contributed by atoms with van der Waals surface area (Å²) in [7, 11) is 0. The zero-order valence-corrected chi connectivity index (χ0v) is 12.4. The van der Waals surface area contributed by atoms with E-state index in [9.17, 15) is 0 Å². The SMILES string of the molecule is C=C[C@H]1O[C@@H]2OCCO[C@@H]2[C@H]1OCC1=Cc2ccccc2C1. The van der Waals surface area contributed by atoms with Crippen molar-refractivity contribution < 1.29 is 18.9 Å². The maximum atomic E-state index is 6.12. The zero-order chi connectivity index (χ0) is 14.9. The van der Waals surface area contributed by atoms with Crippen molar-refractivity contribution in [3.63, 3.8) is 0 Å². The van der Waals surface area contributed by atoms with Crippen LogP contribution >= 0.6 is 0 Å². The van der Waals surface area contributed by atoms with Crippen LogP contribution in [0.25, 0.3) is 6.08 Å². The summed E-state index contributed by atoms with van der Waals surface area (Å²) in [5, 5.41) is 0. The molecule has 2 saturated heterocycles. The fourth-order valence-electron chi connectivity index (χ4n) is 3.33. The molecule has 0 N–H and O–H groups in total. The molecule has 2 heterocycles. The minimum Gasteiger partial charge on any atom is -0.368 e. The number of fused-ring (bicyclic) bond motifs is 2. The Morgan fingerprint density at radius 2 is 2.09 bits per heavy atom. The molecular weight excluding hydrogens is 280 g/mol. The van der Waals surface area contributed by atoms with Crippen LogP contribution in [0, 0.1) is 0 Å². The van der Waals surface area contributed by atoms with Gasteiger partial charge in [0, 0.05) is 0 Å². The van der Waals surface area contributed by atoms with E-state index in [2.05, 4.69) is 36.9 Å². The minimum absolute atomic E-state index is 0.160. The van der Waals surface area contributed by atoms with E-state index in [1.165, 1.54) is 16.7 Å². The van der Waals surface area contributed by atoms with Crippen molar-refractivity contribution in [3.8, 4) is 0 Å². The molecular formula is C18H20O4. The van der Waals surface area contributed by atoms with Gasteiger partial charge >= 0.3 is 0 Å². The third kappa shape index (κ3) is 2.52. The lowest BCUT2D eigenvalue weighted by molar-refractivity contribution is -0.219. The largest absolute Gasteiger partial charge is 0.368 e. The molecule has 2 aliphatic heterocycles. The molecule has 1 aliphatic carbocycles. The Morgan fingerprint density at radius 3 is 2.95 bits per heavy atom. The fourth-order valence-corrected chi connectivity index (χ4v) is 3.33. The van der Waals surface area contributed by atoms with Crippen molar-refractivity contribution in [2.45, 2.75) is 31.0 Å². The zero-order valence-electron chi connectivity index (χ0n) is 12.4. The van der Waals surface area contributed by atoms with E-state index < -0.39 is 0 Å². The third-order valence-corrected chi connectivity index (χ3v) is 4.41. The van der Waals surface area contributed by atoms with Gasteiger partial charge in [0.25, 0.3) is 0 Å². The van der Waals surface area contributed by atoms with Gasteiger partial charge in [0.1, 0.15) is 18.3 Å². The van der Waals surface area contributed by atoms with Crippen molar-refractivity contribution in [2.75, 3.05) is 19.8 Å². The van der Waals surface area contributed by atoms with Crippen molar-refractivity contribution >= 4 is 6.08 Å².